The monoisotopic (exact) mass is 208 g/mol. The zero-order valence-electron chi connectivity index (χ0n) is 8.50. The van der Waals surface area contributed by atoms with Gasteiger partial charge < -0.3 is 4.74 Å². The molecule has 0 aliphatic heterocycles. The molecule has 0 bridgehead atoms. The molecule has 0 aromatic heterocycles. The first kappa shape index (κ1) is 12.7. The van der Waals surface area contributed by atoms with E-state index in [1.165, 1.54) is 11.5 Å². The molecule has 0 rings (SSSR count). The van der Waals surface area contributed by atoms with Crippen LogP contribution in [0.3, 0.4) is 0 Å². The summed E-state index contributed by atoms with van der Waals surface area (Å²) >= 11 is 3.96. The van der Waals surface area contributed by atoms with Gasteiger partial charge in [0.05, 0.1) is 17.3 Å². The highest BCUT2D eigenvalue weighted by atomic mass is 32.2. The van der Waals surface area contributed by atoms with Crippen molar-refractivity contribution in [3.8, 4) is 0 Å². The molecule has 0 atom stereocenters. The van der Waals surface area contributed by atoms with E-state index >= 15 is 0 Å². The Hall–Kier alpha value is 0.660. The lowest BCUT2D eigenvalue weighted by molar-refractivity contribution is 0.0887. The Morgan fingerprint density at radius 2 is 1.58 bits per heavy atom. The van der Waals surface area contributed by atoms with E-state index in [1.807, 2.05) is 23.5 Å². The number of ether oxygens (including phenoxy) is 1. The van der Waals surface area contributed by atoms with Gasteiger partial charge in [0, 0.05) is 0 Å². The molecule has 74 valence electrons. The first-order chi connectivity index (χ1) is 5.70. The van der Waals surface area contributed by atoms with Crippen LogP contribution in [0.2, 0.25) is 0 Å². The largest absolute Gasteiger partial charge is 0.377 e. The molecule has 0 N–H and O–H groups in total. The van der Waals surface area contributed by atoms with Gasteiger partial charge in [-0.25, -0.2) is 0 Å². The topological polar surface area (TPSA) is 9.23 Å². The maximum absolute atomic E-state index is 5.57. The molecular weight excluding hydrogens is 188 g/mol. The van der Waals surface area contributed by atoms with E-state index in [-0.39, 0.29) is 0 Å². The van der Waals surface area contributed by atoms with E-state index < -0.39 is 0 Å². The SMILES string of the molecule is CCSC(COC(C)C)SCC. The van der Waals surface area contributed by atoms with Gasteiger partial charge in [0.15, 0.2) is 0 Å². The Kier molecular flexibility index (Phi) is 8.72. The van der Waals surface area contributed by atoms with Gasteiger partial charge >= 0.3 is 0 Å². The van der Waals surface area contributed by atoms with Crippen LogP contribution < -0.4 is 0 Å². The molecule has 0 aromatic carbocycles. The standard InChI is InChI=1S/C9H20OS2/c1-5-11-9(12-6-2)7-10-8(3)4/h8-9H,5-7H2,1-4H3. The number of hydrogen-bond donors (Lipinski definition) is 0. The predicted octanol–water partition coefficient (Wildman–Crippen LogP) is 3.24. The quantitative estimate of drug-likeness (QED) is 0.594. The van der Waals surface area contributed by atoms with E-state index in [0.717, 1.165) is 6.61 Å². The number of rotatable bonds is 7. The van der Waals surface area contributed by atoms with Crippen molar-refractivity contribution in [1.29, 1.82) is 0 Å². The predicted molar refractivity (Wildman–Crippen MR) is 61.1 cm³/mol. The molecule has 0 saturated carbocycles. The molecule has 0 fully saturated rings. The van der Waals surface area contributed by atoms with Crippen molar-refractivity contribution in [2.45, 2.75) is 38.4 Å². The van der Waals surface area contributed by atoms with E-state index in [0.29, 0.717) is 10.7 Å². The fraction of sp³-hybridized carbons (Fsp3) is 1.00. The van der Waals surface area contributed by atoms with Crippen molar-refractivity contribution < 1.29 is 4.74 Å². The van der Waals surface area contributed by atoms with Crippen LogP contribution in [0.5, 0.6) is 0 Å². The fourth-order valence-corrected chi connectivity index (χ4v) is 3.08. The van der Waals surface area contributed by atoms with Crippen LogP contribution in [0.4, 0.5) is 0 Å². The minimum atomic E-state index is 0.363. The summed E-state index contributed by atoms with van der Waals surface area (Å²) in [5, 5.41) is 0. The van der Waals surface area contributed by atoms with Gasteiger partial charge in [0.2, 0.25) is 0 Å². The minimum Gasteiger partial charge on any atom is -0.377 e. The molecule has 0 radical (unpaired) electrons. The summed E-state index contributed by atoms with van der Waals surface area (Å²) in [7, 11) is 0. The molecule has 12 heavy (non-hydrogen) atoms. The molecule has 0 spiro atoms. The Balaban J connectivity index is 3.48. The second kappa shape index (κ2) is 8.27. The second-order valence-electron chi connectivity index (χ2n) is 2.72. The molecule has 0 unspecified atom stereocenters. The summed E-state index contributed by atoms with van der Waals surface area (Å²) in [6.45, 7) is 9.45. The van der Waals surface area contributed by atoms with Gasteiger partial charge in [-0.3, -0.25) is 0 Å². The lowest BCUT2D eigenvalue weighted by atomic mass is 10.5. The van der Waals surface area contributed by atoms with Gasteiger partial charge in [-0.2, -0.15) is 0 Å². The van der Waals surface area contributed by atoms with E-state index in [2.05, 4.69) is 27.7 Å². The molecule has 0 aliphatic carbocycles. The van der Waals surface area contributed by atoms with Crippen molar-refractivity contribution in [3.05, 3.63) is 0 Å². The van der Waals surface area contributed by atoms with Crippen LogP contribution in [0.25, 0.3) is 0 Å². The molecule has 0 aliphatic rings. The summed E-state index contributed by atoms with van der Waals surface area (Å²) in [5.74, 6) is 2.36. The van der Waals surface area contributed by atoms with E-state index in [4.69, 9.17) is 4.74 Å². The third kappa shape index (κ3) is 7.32. The van der Waals surface area contributed by atoms with Crippen LogP contribution in [0, 0.1) is 0 Å². The zero-order valence-corrected chi connectivity index (χ0v) is 10.1. The normalized spacial score (nSPS) is 11.5. The van der Waals surface area contributed by atoms with Crippen molar-refractivity contribution in [2.75, 3.05) is 18.1 Å². The zero-order chi connectivity index (χ0) is 9.40. The molecule has 0 heterocycles. The minimum absolute atomic E-state index is 0.363. The maximum Gasteiger partial charge on any atom is 0.0735 e. The lowest BCUT2D eigenvalue weighted by Gasteiger charge is -2.16. The van der Waals surface area contributed by atoms with Crippen LogP contribution in [0.15, 0.2) is 0 Å². The Bertz CT molecular complexity index is 90.5. The summed E-state index contributed by atoms with van der Waals surface area (Å²) in [4.78, 5) is 0. The smallest absolute Gasteiger partial charge is 0.0735 e. The summed E-state index contributed by atoms with van der Waals surface area (Å²) in [6.07, 6.45) is 0.363. The van der Waals surface area contributed by atoms with Gasteiger partial charge in [0.25, 0.3) is 0 Å². The van der Waals surface area contributed by atoms with Crippen LogP contribution in [0.1, 0.15) is 27.7 Å². The third-order valence-corrected chi connectivity index (χ3v) is 3.77. The van der Waals surface area contributed by atoms with Crippen molar-refractivity contribution in [1.82, 2.24) is 0 Å². The highest BCUT2D eigenvalue weighted by Gasteiger charge is 2.08. The average Bonchev–Trinajstić information content (AvgIpc) is 2.01. The van der Waals surface area contributed by atoms with Crippen molar-refractivity contribution >= 4 is 23.5 Å². The van der Waals surface area contributed by atoms with Gasteiger partial charge in [-0.15, -0.1) is 23.5 Å². The van der Waals surface area contributed by atoms with Crippen molar-refractivity contribution in [3.63, 3.8) is 0 Å². The Morgan fingerprint density at radius 1 is 1.08 bits per heavy atom. The first-order valence-electron chi connectivity index (χ1n) is 4.55. The summed E-state index contributed by atoms with van der Waals surface area (Å²) in [5.41, 5.74) is 0. The van der Waals surface area contributed by atoms with Gasteiger partial charge in [0.1, 0.15) is 0 Å². The average molecular weight is 208 g/mol. The molecular formula is C9H20OS2. The van der Waals surface area contributed by atoms with Crippen molar-refractivity contribution in [2.24, 2.45) is 0 Å². The number of hydrogen-bond acceptors (Lipinski definition) is 3. The molecule has 0 amide bonds. The Labute approximate surface area is 85.0 Å². The highest BCUT2D eigenvalue weighted by molar-refractivity contribution is 8.17. The Morgan fingerprint density at radius 3 is 1.92 bits per heavy atom. The summed E-state index contributed by atoms with van der Waals surface area (Å²) < 4.78 is 6.19. The second-order valence-corrected chi connectivity index (χ2v) is 5.98. The van der Waals surface area contributed by atoms with E-state index in [1.54, 1.807) is 0 Å². The lowest BCUT2D eigenvalue weighted by Crippen LogP contribution is -2.13. The fourth-order valence-electron chi connectivity index (χ4n) is 0.787. The molecule has 1 nitrogen and oxygen atoms in total. The maximum atomic E-state index is 5.57. The van der Waals surface area contributed by atoms with Crippen LogP contribution in [-0.4, -0.2) is 28.8 Å². The van der Waals surface area contributed by atoms with E-state index in [9.17, 15) is 0 Å². The molecule has 0 saturated heterocycles. The molecule has 3 heteroatoms. The highest BCUT2D eigenvalue weighted by Crippen LogP contribution is 2.23. The first-order valence-corrected chi connectivity index (χ1v) is 6.65. The van der Waals surface area contributed by atoms with Crippen LogP contribution >= 0.6 is 23.5 Å². The van der Waals surface area contributed by atoms with Gasteiger partial charge in [-0.1, -0.05) is 13.8 Å². The summed E-state index contributed by atoms with van der Waals surface area (Å²) in [6, 6.07) is 0. The van der Waals surface area contributed by atoms with Gasteiger partial charge in [-0.05, 0) is 25.4 Å². The third-order valence-electron chi connectivity index (χ3n) is 1.27. The molecule has 0 aromatic rings. The van der Waals surface area contributed by atoms with Crippen LogP contribution in [-0.2, 0) is 4.74 Å². The number of thioether (sulfide) groups is 2.